The minimum atomic E-state index is -1.02. The van der Waals surface area contributed by atoms with Crippen LogP contribution in [0.15, 0.2) is 30.3 Å². The Labute approximate surface area is 125 Å². The van der Waals surface area contributed by atoms with Gasteiger partial charge in [0.05, 0.1) is 5.02 Å². The second-order valence-corrected chi connectivity index (χ2v) is 5.61. The fraction of sp³-hybridized carbons (Fsp3) is 0.250. The normalized spacial score (nSPS) is 14.5. The maximum Gasteiger partial charge on any atom is 0.160 e. The summed E-state index contributed by atoms with van der Waals surface area (Å²) in [6.07, 6.45) is 2.25. The lowest BCUT2D eigenvalue weighted by molar-refractivity contribution is 0.509. The molecule has 1 nitrogen and oxygen atoms in total. The van der Waals surface area contributed by atoms with Gasteiger partial charge >= 0.3 is 0 Å². The smallest absolute Gasteiger partial charge is 0.160 e. The van der Waals surface area contributed by atoms with Gasteiger partial charge in [0.25, 0.3) is 0 Å². The van der Waals surface area contributed by atoms with E-state index in [1.165, 1.54) is 12.1 Å². The van der Waals surface area contributed by atoms with Crippen LogP contribution in [0, 0.1) is 17.5 Å². The largest absolute Gasteiger partial charge is 0.310 e. The Kier molecular flexibility index (Phi) is 3.91. The molecule has 5 heteroatoms. The molecular weight excluding hydrogens is 299 g/mol. The minimum absolute atomic E-state index is 0.0622. The lowest BCUT2D eigenvalue weighted by Gasteiger charge is -2.13. The Hall–Kier alpha value is -1.52. The Morgan fingerprint density at radius 3 is 2.43 bits per heavy atom. The SMILES string of the molecule is Fc1ccc(CNC2CC2)c(-c2cc(F)c(F)cc2Cl)c1. The molecule has 0 aliphatic heterocycles. The van der Waals surface area contributed by atoms with Gasteiger partial charge in [-0.1, -0.05) is 17.7 Å². The third kappa shape index (κ3) is 3.22. The van der Waals surface area contributed by atoms with Crippen molar-refractivity contribution in [1.29, 1.82) is 0 Å². The quantitative estimate of drug-likeness (QED) is 0.809. The molecule has 21 heavy (non-hydrogen) atoms. The molecule has 0 atom stereocenters. The zero-order chi connectivity index (χ0) is 15.0. The number of benzene rings is 2. The summed E-state index contributed by atoms with van der Waals surface area (Å²) in [7, 11) is 0. The minimum Gasteiger partial charge on any atom is -0.310 e. The van der Waals surface area contributed by atoms with Gasteiger partial charge in [0.2, 0.25) is 0 Å². The van der Waals surface area contributed by atoms with E-state index in [1.807, 2.05) is 0 Å². The summed E-state index contributed by atoms with van der Waals surface area (Å²) in [6.45, 7) is 0.537. The van der Waals surface area contributed by atoms with Gasteiger partial charge in [0, 0.05) is 18.2 Å². The van der Waals surface area contributed by atoms with Crippen LogP contribution in [0.5, 0.6) is 0 Å². The van der Waals surface area contributed by atoms with Crippen molar-refractivity contribution in [2.24, 2.45) is 0 Å². The summed E-state index contributed by atoms with van der Waals surface area (Å²) >= 11 is 5.99. The van der Waals surface area contributed by atoms with Gasteiger partial charge in [-0.15, -0.1) is 0 Å². The molecule has 0 heterocycles. The third-order valence-corrected chi connectivity index (χ3v) is 3.84. The number of hydrogen-bond donors (Lipinski definition) is 1. The monoisotopic (exact) mass is 311 g/mol. The van der Waals surface area contributed by atoms with Crippen molar-refractivity contribution in [2.75, 3.05) is 0 Å². The van der Waals surface area contributed by atoms with Crippen LogP contribution in [0.4, 0.5) is 13.2 Å². The van der Waals surface area contributed by atoms with Crippen LogP contribution in [0.25, 0.3) is 11.1 Å². The van der Waals surface area contributed by atoms with Crippen molar-refractivity contribution >= 4 is 11.6 Å². The van der Waals surface area contributed by atoms with Crippen molar-refractivity contribution < 1.29 is 13.2 Å². The molecule has 0 spiro atoms. The fourth-order valence-corrected chi connectivity index (χ4v) is 2.48. The van der Waals surface area contributed by atoms with Gasteiger partial charge in [-0.3, -0.25) is 0 Å². The van der Waals surface area contributed by atoms with E-state index in [9.17, 15) is 13.2 Å². The van der Waals surface area contributed by atoms with Crippen molar-refractivity contribution in [3.05, 3.63) is 58.4 Å². The van der Waals surface area contributed by atoms with Gasteiger partial charge in [-0.05, 0) is 48.2 Å². The topological polar surface area (TPSA) is 12.0 Å². The predicted octanol–water partition coefficient (Wildman–Crippen LogP) is 4.68. The molecule has 2 aromatic rings. The molecule has 0 radical (unpaired) electrons. The molecule has 0 bridgehead atoms. The molecule has 1 aliphatic rings. The highest BCUT2D eigenvalue weighted by Gasteiger charge is 2.21. The van der Waals surface area contributed by atoms with E-state index >= 15 is 0 Å². The molecule has 2 aromatic carbocycles. The molecule has 0 aromatic heterocycles. The second kappa shape index (κ2) is 5.70. The van der Waals surface area contributed by atoms with Crippen LogP contribution in [0.3, 0.4) is 0 Å². The number of rotatable bonds is 4. The molecule has 1 N–H and O–H groups in total. The van der Waals surface area contributed by atoms with E-state index in [0.29, 0.717) is 23.7 Å². The predicted molar refractivity (Wildman–Crippen MR) is 76.6 cm³/mol. The van der Waals surface area contributed by atoms with Crippen molar-refractivity contribution in [3.63, 3.8) is 0 Å². The van der Waals surface area contributed by atoms with E-state index in [0.717, 1.165) is 30.5 Å². The average Bonchev–Trinajstić information content (AvgIpc) is 3.25. The van der Waals surface area contributed by atoms with Crippen molar-refractivity contribution in [1.82, 2.24) is 5.32 Å². The van der Waals surface area contributed by atoms with Gasteiger partial charge in [0.15, 0.2) is 11.6 Å². The average molecular weight is 312 g/mol. The van der Waals surface area contributed by atoms with Gasteiger partial charge in [-0.2, -0.15) is 0 Å². The van der Waals surface area contributed by atoms with Crippen molar-refractivity contribution in [3.8, 4) is 11.1 Å². The maximum absolute atomic E-state index is 13.5. The number of halogens is 4. The Morgan fingerprint density at radius 2 is 1.71 bits per heavy atom. The van der Waals surface area contributed by atoms with Gasteiger partial charge in [0.1, 0.15) is 5.82 Å². The van der Waals surface area contributed by atoms with E-state index in [-0.39, 0.29) is 5.02 Å². The van der Waals surface area contributed by atoms with Crippen LogP contribution < -0.4 is 5.32 Å². The van der Waals surface area contributed by atoms with Crippen LogP contribution >= 0.6 is 11.6 Å². The first-order valence-electron chi connectivity index (χ1n) is 6.71. The zero-order valence-electron chi connectivity index (χ0n) is 11.1. The van der Waals surface area contributed by atoms with Gasteiger partial charge < -0.3 is 5.32 Å². The van der Waals surface area contributed by atoms with Gasteiger partial charge in [-0.25, -0.2) is 13.2 Å². The molecule has 0 amide bonds. The molecule has 1 saturated carbocycles. The Morgan fingerprint density at radius 1 is 1.00 bits per heavy atom. The zero-order valence-corrected chi connectivity index (χ0v) is 11.9. The molecule has 1 fully saturated rings. The van der Waals surface area contributed by atoms with E-state index < -0.39 is 17.5 Å². The fourth-order valence-electron chi connectivity index (χ4n) is 2.22. The summed E-state index contributed by atoms with van der Waals surface area (Å²) in [5, 5.41) is 3.38. The third-order valence-electron chi connectivity index (χ3n) is 3.53. The van der Waals surface area contributed by atoms with Crippen LogP contribution in [0.1, 0.15) is 18.4 Å². The Bertz CT molecular complexity index is 683. The Balaban J connectivity index is 2.02. The first-order valence-corrected chi connectivity index (χ1v) is 7.09. The lowest BCUT2D eigenvalue weighted by atomic mass is 9.99. The first-order chi connectivity index (χ1) is 10.0. The number of hydrogen-bond acceptors (Lipinski definition) is 1. The highest BCUT2D eigenvalue weighted by molar-refractivity contribution is 6.33. The first kappa shape index (κ1) is 14.4. The standard InChI is InChI=1S/C16H13ClF3N/c17-14-7-16(20)15(19)6-13(14)12-5-10(18)2-1-9(12)8-21-11-3-4-11/h1-2,5-7,11,21H,3-4,8H2. The van der Waals surface area contributed by atoms with Crippen molar-refractivity contribution in [2.45, 2.75) is 25.4 Å². The summed E-state index contributed by atoms with van der Waals surface area (Å²) in [5.41, 5.74) is 1.57. The van der Waals surface area contributed by atoms with Crippen LogP contribution in [-0.2, 0) is 6.54 Å². The van der Waals surface area contributed by atoms with Crippen LogP contribution in [0.2, 0.25) is 5.02 Å². The number of nitrogens with one attached hydrogen (secondary N) is 1. The lowest BCUT2D eigenvalue weighted by Crippen LogP contribution is -2.16. The molecule has 0 unspecified atom stereocenters. The second-order valence-electron chi connectivity index (χ2n) is 5.20. The van der Waals surface area contributed by atoms with E-state index in [1.54, 1.807) is 6.07 Å². The summed E-state index contributed by atoms with van der Waals surface area (Å²) < 4.78 is 40.2. The van der Waals surface area contributed by atoms with E-state index in [2.05, 4.69) is 5.32 Å². The van der Waals surface area contributed by atoms with E-state index in [4.69, 9.17) is 11.6 Å². The summed E-state index contributed by atoms with van der Waals surface area (Å²) in [5.74, 6) is -2.46. The maximum atomic E-state index is 13.5. The highest BCUT2D eigenvalue weighted by Crippen LogP contribution is 2.33. The summed E-state index contributed by atoms with van der Waals surface area (Å²) in [6, 6.07) is 6.69. The summed E-state index contributed by atoms with van der Waals surface area (Å²) in [4.78, 5) is 0. The molecular formula is C16H13ClF3N. The molecule has 0 saturated heterocycles. The molecule has 110 valence electrons. The molecule has 3 rings (SSSR count). The molecule has 1 aliphatic carbocycles. The highest BCUT2D eigenvalue weighted by atomic mass is 35.5. The van der Waals surface area contributed by atoms with Crippen LogP contribution in [-0.4, -0.2) is 6.04 Å².